The van der Waals surface area contributed by atoms with Crippen molar-refractivity contribution in [2.75, 3.05) is 7.11 Å². The van der Waals surface area contributed by atoms with Gasteiger partial charge >= 0.3 is 5.97 Å². The van der Waals surface area contributed by atoms with E-state index >= 15 is 0 Å². The summed E-state index contributed by atoms with van der Waals surface area (Å²) in [4.78, 5) is 10.8. The first kappa shape index (κ1) is 11.3. The third-order valence-electron chi connectivity index (χ3n) is 1.91. The van der Waals surface area contributed by atoms with Crippen molar-refractivity contribution in [1.29, 1.82) is 0 Å². The van der Waals surface area contributed by atoms with E-state index in [0.29, 0.717) is 0 Å². The largest absolute Gasteiger partial charge is 0.468 e. The number of methoxy groups -OCH3 is 1. The smallest absolute Gasteiger partial charge is 0.317 e. The van der Waals surface area contributed by atoms with Gasteiger partial charge in [-0.1, -0.05) is 17.9 Å². The molecule has 0 aliphatic rings. The molecule has 2 heteroatoms. The van der Waals surface area contributed by atoms with Gasteiger partial charge < -0.3 is 4.74 Å². The number of aryl methyl sites for hydroxylation is 2. The SMILES string of the molecule is COC(=O)CC#Cc1cc(C)cc(C)c1. The Morgan fingerprint density at radius 2 is 1.87 bits per heavy atom. The van der Waals surface area contributed by atoms with Crippen LogP contribution in [0.1, 0.15) is 23.1 Å². The monoisotopic (exact) mass is 202 g/mol. The van der Waals surface area contributed by atoms with E-state index in [1.54, 1.807) is 0 Å². The maximum atomic E-state index is 10.8. The zero-order chi connectivity index (χ0) is 11.3. The van der Waals surface area contributed by atoms with Gasteiger partial charge in [0.2, 0.25) is 0 Å². The van der Waals surface area contributed by atoms with Crippen molar-refractivity contribution >= 4 is 5.97 Å². The van der Waals surface area contributed by atoms with Crippen LogP contribution in [0.4, 0.5) is 0 Å². The second-order valence-corrected chi connectivity index (χ2v) is 3.43. The summed E-state index contributed by atoms with van der Waals surface area (Å²) in [5.41, 5.74) is 3.30. The third-order valence-corrected chi connectivity index (χ3v) is 1.91. The van der Waals surface area contributed by atoms with Crippen LogP contribution in [-0.4, -0.2) is 13.1 Å². The van der Waals surface area contributed by atoms with Crippen LogP contribution in [0.3, 0.4) is 0 Å². The fourth-order valence-corrected chi connectivity index (χ4v) is 1.34. The summed E-state index contributed by atoms with van der Waals surface area (Å²) in [6, 6.07) is 6.08. The van der Waals surface area contributed by atoms with E-state index in [-0.39, 0.29) is 12.4 Å². The first-order valence-corrected chi connectivity index (χ1v) is 4.76. The molecule has 0 amide bonds. The molecule has 1 aromatic carbocycles. The number of hydrogen-bond acceptors (Lipinski definition) is 2. The Bertz CT molecular complexity index is 402. The van der Waals surface area contributed by atoms with Gasteiger partial charge in [0.05, 0.1) is 7.11 Å². The molecule has 15 heavy (non-hydrogen) atoms. The summed E-state index contributed by atoms with van der Waals surface area (Å²) in [5, 5.41) is 0. The van der Waals surface area contributed by atoms with Crippen molar-refractivity contribution in [3.05, 3.63) is 34.9 Å². The van der Waals surface area contributed by atoms with Crippen molar-refractivity contribution in [1.82, 2.24) is 0 Å². The van der Waals surface area contributed by atoms with Crippen molar-refractivity contribution < 1.29 is 9.53 Å². The standard InChI is InChI=1S/C13H14O2/c1-10-7-11(2)9-12(8-10)5-4-6-13(14)15-3/h7-9H,6H2,1-3H3. The van der Waals surface area contributed by atoms with Crippen LogP contribution >= 0.6 is 0 Å². The fraction of sp³-hybridized carbons (Fsp3) is 0.308. The quantitative estimate of drug-likeness (QED) is 0.515. The number of carbonyl (C=O) groups excluding carboxylic acids is 1. The average Bonchev–Trinajstić information content (AvgIpc) is 2.16. The zero-order valence-corrected chi connectivity index (χ0v) is 9.26. The minimum atomic E-state index is -0.299. The van der Waals surface area contributed by atoms with Crippen molar-refractivity contribution in [3.63, 3.8) is 0 Å². The van der Waals surface area contributed by atoms with Gasteiger partial charge in [-0.25, -0.2) is 0 Å². The molecule has 0 saturated heterocycles. The molecule has 0 unspecified atom stereocenters. The summed E-state index contributed by atoms with van der Waals surface area (Å²) in [6.07, 6.45) is 0.142. The Morgan fingerprint density at radius 3 is 2.40 bits per heavy atom. The summed E-state index contributed by atoms with van der Waals surface area (Å²) >= 11 is 0. The lowest BCUT2D eigenvalue weighted by atomic mass is 10.1. The molecule has 0 aliphatic heterocycles. The Labute approximate surface area is 90.3 Å². The number of rotatable bonds is 1. The van der Waals surface area contributed by atoms with E-state index in [0.717, 1.165) is 5.56 Å². The Hall–Kier alpha value is -1.75. The third kappa shape index (κ3) is 3.86. The van der Waals surface area contributed by atoms with Crippen LogP contribution in [0.25, 0.3) is 0 Å². The molecule has 1 aromatic rings. The Kier molecular flexibility index (Phi) is 3.93. The lowest BCUT2D eigenvalue weighted by Crippen LogP contribution is -1.97. The lowest BCUT2D eigenvalue weighted by molar-refractivity contribution is -0.139. The van der Waals surface area contributed by atoms with Crippen LogP contribution in [-0.2, 0) is 9.53 Å². The normalized spacial score (nSPS) is 9.00. The summed E-state index contributed by atoms with van der Waals surface area (Å²) in [5.74, 6) is 5.42. The molecule has 0 heterocycles. The first-order valence-electron chi connectivity index (χ1n) is 4.76. The second-order valence-electron chi connectivity index (χ2n) is 3.43. The van der Waals surface area contributed by atoms with Gasteiger partial charge in [-0.15, -0.1) is 0 Å². The molecule has 1 rings (SSSR count). The minimum absolute atomic E-state index is 0.142. The summed E-state index contributed by atoms with van der Waals surface area (Å²) in [6.45, 7) is 4.05. The van der Waals surface area contributed by atoms with Gasteiger partial charge in [0, 0.05) is 5.56 Å². The van der Waals surface area contributed by atoms with Crippen LogP contribution in [0, 0.1) is 25.7 Å². The van der Waals surface area contributed by atoms with E-state index in [4.69, 9.17) is 0 Å². The molecular weight excluding hydrogens is 188 g/mol. The second kappa shape index (κ2) is 5.21. The zero-order valence-electron chi connectivity index (χ0n) is 9.26. The fourth-order valence-electron chi connectivity index (χ4n) is 1.34. The van der Waals surface area contributed by atoms with Gasteiger partial charge in [-0.3, -0.25) is 4.79 Å². The molecule has 0 aliphatic carbocycles. The number of ether oxygens (including phenoxy) is 1. The molecule has 0 radical (unpaired) electrons. The maximum Gasteiger partial charge on any atom is 0.317 e. The van der Waals surface area contributed by atoms with Crippen molar-refractivity contribution in [3.8, 4) is 11.8 Å². The van der Waals surface area contributed by atoms with E-state index in [1.165, 1.54) is 18.2 Å². The van der Waals surface area contributed by atoms with Crippen LogP contribution in [0.2, 0.25) is 0 Å². The minimum Gasteiger partial charge on any atom is -0.468 e. The van der Waals surface area contributed by atoms with Gasteiger partial charge in [-0.05, 0) is 37.1 Å². The first-order chi connectivity index (χ1) is 7.11. The number of benzene rings is 1. The molecule has 2 nitrogen and oxygen atoms in total. The highest BCUT2D eigenvalue weighted by molar-refractivity contribution is 5.72. The number of carbonyl (C=O) groups is 1. The van der Waals surface area contributed by atoms with Gasteiger partial charge in [0.15, 0.2) is 0 Å². The van der Waals surface area contributed by atoms with Gasteiger partial charge in [-0.2, -0.15) is 0 Å². The number of esters is 1. The predicted molar refractivity (Wildman–Crippen MR) is 59.4 cm³/mol. The lowest BCUT2D eigenvalue weighted by Gasteiger charge is -1.97. The highest BCUT2D eigenvalue weighted by Gasteiger charge is 1.94. The summed E-state index contributed by atoms with van der Waals surface area (Å²) < 4.78 is 4.49. The van der Waals surface area contributed by atoms with E-state index < -0.39 is 0 Å². The molecule has 0 saturated carbocycles. The van der Waals surface area contributed by atoms with Crippen molar-refractivity contribution in [2.45, 2.75) is 20.3 Å². The predicted octanol–water partition coefficient (Wildman–Crippen LogP) is 2.22. The van der Waals surface area contributed by atoms with Crippen LogP contribution in [0.5, 0.6) is 0 Å². The molecule has 0 bridgehead atoms. The van der Waals surface area contributed by atoms with Gasteiger partial charge in [0.25, 0.3) is 0 Å². The molecular formula is C13H14O2. The molecule has 78 valence electrons. The topological polar surface area (TPSA) is 26.3 Å². The van der Waals surface area contributed by atoms with Gasteiger partial charge in [0.1, 0.15) is 6.42 Å². The van der Waals surface area contributed by atoms with E-state index in [9.17, 15) is 4.79 Å². The molecule has 0 fully saturated rings. The molecule has 0 N–H and O–H groups in total. The highest BCUT2D eigenvalue weighted by atomic mass is 16.5. The molecule has 0 aromatic heterocycles. The average molecular weight is 202 g/mol. The maximum absolute atomic E-state index is 10.8. The van der Waals surface area contributed by atoms with E-state index in [2.05, 4.69) is 22.6 Å². The van der Waals surface area contributed by atoms with Crippen molar-refractivity contribution in [2.24, 2.45) is 0 Å². The number of hydrogen-bond donors (Lipinski definition) is 0. The highest BCUT2D eigenvalue weighted by Crippen LogP contribution is 2.07. The van der Waals surface area contributed by atoms with E-state index in [1.807, 2.05) is 26.0 Å². The van der Waals surface area contributed by atoms with Crippen LogP contribution < -0.4 is 0 Å². The molecule has 0 atom stereocenters. The van der Waals surface area contributed by atoms with Crippen LogP contribution in [0.15, 0.2) is 18.2 Å². The molecule has 0 spiro atoms. The Balaban J connectivity index is 2.75. The summed E-state index contributed by atoms with van der Waals surface area (Å²) in [7, 11) is 1.36. The Morgan fingerprint density at radius 1 is 1.27 bits per heavy atom.